The lowest BCUT2D eigenvalue weighted by molar-refractivity contribution is -0.159. The summed E-state index contributed by atoms with van der Waals surface area (Å²) in [5.74, 6) is -2.02. The summed E-state index contributed by atoms with van der Waals surface area (Å²) in [6, 6.07) is -2.52. The number of amides is 3. The minimum absolute atomic E-state index is 0.0694. The lowest BCUT2D eigenvalue weighted by atomic mass is 10.0. The lowest BCUT2D eigenvalue weighted by Crippen LogP contribution is -2.56. The Kier molecular flexibility index (Phi) is 17.1. The second-order valence-corrected chi connectivity index (χ2v) is 9.09. The number of unbranched alkanes of at least 4 members (excludes halogenated alkanes) is 1. The molecule has 3 amide bonds. The number of ether oxygens (including phenoxy) is 1. The normalized spacial score (nSPS) is 13.7. The van der Waals surface area contributed by atoms with Gasteiger partial charge in [0, 0.05) is 0 Å². The zero-order valence-corrected chi connectivity index (χ0v) is 22.4. The summed E-state index contributed by atoms with van der Waals surface area (Å²) in [5.41, 5.74) is 4.82. The van der Waals surface area contributed by atoms with Gasteiger partial charge in [-0.3, -0.25) is 14.4 Å². The Balaban J connectivity index is 0. The fraction of sp³-hybridized carbons (Fsp3) is 0.818. The first-order valence-electron chi connectivity index (χ1n) is 11.2. The molecule has 2 unspecified atom stereocenters. The summed E-state index contributed by atoms with van der Waals surface area (Å²) in [6.45, 7) is 14.8. The van der Waals surface area contributed by atoms with Crippen molar-refractivity contribution < 1.29 is 23.9 Å². The molecule has 32 heavy (non-hydrogen) atoms. The Morgan fingerprint density at radius 2 is 1.50 bits per heavy atom. The highest BCUT2D eigenvalue weighted by Crippen LogP contribution is 2.12. The number of alkyl halides is 1. The van der Waals surface area contributed by atoms with E-state index < -0.39 is 41.5 Å². The van der Waals surface area contributed by atoms with Gasteiger partial charge in [-0.25, -0.2) is 4.79 Å². The molecule has 0 aromatic heterocycles. The molecule has 0 bridgehead atoms. The predicted octanol–water partition coefficient (Wildman–Crippen LogP) is 2.01. The van der Waals surface area contributed by atoms with Crippen molar-refractivity contribution in [2.45, 2.75) is 98.4 Å². The van der Waals surface area contributed by atoms with Crippen LogP contribution in [0.2, 0.25) is 0 Å². The van der Waals surface area contributed by atoms with Gasteiger partial charge in [0.25, 0.3) is 0 Å². The first-order valence-corrected chi connectivity index (χ1v) is 12.3. The van der Waals surface area contributed by atoms with E-state index in [0.29, 0.717) is 25.8 Å². The van der Waals surface area contributed by atoms with Crippen LogP contribution >= 0.6 is 15.9 Å². The summed E-state index contributed by atoms with van der Waals surface area (Å²) < 4.78 is 5.39. The van der Waals surface area contributed by atoms with Gasteiger partial charge in [0.05, 0.1) is 5.33 Å². The molecule has 0 radical (unpaired) electrons. The molecule has 10 heteroatoms. The molecule has 0 spiro atoms. The van der Waals surface area contributed by atoms with Crippen LogP contribution in [0.3, 0.4) is 0 Å². The molecule has 0 aromatic rings. The van der Waals surface area contributed by atoms with E-state index in [1.165, 1.54) is 6.92 Å². The standard InChI is InChI=1S/C20H37BrN4O5.C2H6/c1-12(2)16(25-15(26)11-21)18(28)23-13(3)17(27)24-14(9-7-8-10-22)19(29)30-20(4,5)6;1-2/h12-14,16H,7-11,22H2,1-6H3,(H,23,28)(H,24,27)(H,25,26);1-2H3/t13?,14?,16-;/m0./s1. The Labute approximate surface area is 201 Å². The first kappa shape index (κ1) is 32.5. The summed E-state index contributed by atoms with van der Waals surface area (Å²) in [5, 5.41) is 7.94. The summed E-state index contributed by atoms with van der Waals surface area (Å²) in [7, 11) is 0. The third-order valence-electron chi connectivity index (χ3n) is 4.09. The topological polar surface area (TPSA) is 140 Å². The number of hydrogen-bond acceptors (Lipinski definition) is 6. The predicted molar refractivity (Wildman–Crippen MR) is 130 cm³/mol. The lowest BCUT2D eigenvalue weighted by Gasteiger charge is -2.26. The highest BCUT2D eigenvalue weighted by atomic mass is 79.9. The van der Waals surface area contributed by atoms with Gasteiger partial charge in [-0.1, -0.05) is 43.6 Å². The third kappa shape index (κ3) is 14.4. The van der Waals surface area contributed by atoms with Crippen LogP contribution in [0.25, 0.3) is 0 Å². The van der Waals surface area contributed by atoms with Crippen LogP contribution in [0.4, 0.5) is 0 Å². The van der Waals surface area contributed by atoms with E-state index in [0.717, 1.165) is 0 Å². The number of hydrogen-bond donors (Lipinski definition) is 4. The number of halogens is 1. The highest BCUT2D eigenvalue weighted by Gasteiger charge is 2.30. The zero-order valence-electron chi connectivity index (χ0n) is 20.8. The van der Waals surface area contributed by atoms with Gasteiger partial charge in [-0.05, 0) is 59.4 Å². The van der Waals surface area contributed by atoms with Crippen molar-refractivity contribution >= 4 is 39.6 Å². The minimum Gasteiger partial charge on any atom is -0.458 e. The average molecular weight is 524 g/mol. The van der Waals surface area contributed by atoms with E-state index in [1.54, 1.807) is 34.6 Å². The van der Waals surface area contributed by atoms with Gasteiger partial charge in [-0.2, -0.15) is 0 Å². The van der Waals surface area contributed by atoms with Crippen molar-refractivity contribution in [2.75, 3.05) is 11.9 Å². The van der Waals surface area contributed by atoms with Crippen LogP contribution in [0.5, 0.6) is 0 Å². The fourth-order valence-corrected chi connectivity index (χ4v) is 2.69. The summed E-state index contributed by atoms with van der Waals surface area (Å²) in [4.78, 5) is 49.3. The Morgan fingerprint density at radius 3 is 1.94 bits per heavy atom. The highest BCUT2D eigenvalue weighted by molar-refractivity contribution is 9.09. The van der Waals surface area contributed by atoms with E-state index in [1.807, 2.05) is 13.8 Å². The van der Waals surface area contributed by atoms with Crippen molar-refractivity contribution in [1.29, 1.82) is 0 Å². The van der Waals surface area contributed by atoms with Crippen molar-refractivity contribution in [3.05, 3.63) is 0 Å². The number of nitrogens with two attached hydrogens (primary N) is 1. The smallest absolute Gasteiger partial charge is 0.329 e. The zero-order chi connectivity index (χ0) is 25.5. The number of carbonyl (C=O) groups is 4. The first-order chi connectivity index (χ1) is 14.8. The van der Waals surface area contributed by atoms with Gasteiger partial charge in [0.15, 0.2) is 0 Å². The minimum atomic E-state index is -0.904. The number of carbonyl (C=O) groups excluding carboxylic acids is 4. The molecule has 0 aliphatic rings. The quantitative estimate of drug-likeness (QED) is 0.175. The van der Waals surface area contributed by atoms with E-state index in [4.69, 9.17) is 10.5 Å². The van der Waals surface area contributed by atoms with Gasteiger partial charge in [0.2, 0.25) is 17.7 Å². The molecule has 0 aromatic carbocycles. The van der Waals surface area contributed by atoms with Gasteiger partial charge in [-0.15, -0.1) is 0 Å². The SMILES string of the molecule is CC.CC(NC(=O)[C@@H](NC(=O)CBr)C(C)C)C(=O)NC(CCCCN)C(=O)OC(C)(C)C. The van der Waals surface area contributed by atoms with Crippen LogP contribution in [0.15, 0.2) is 0 Å². The van der Waals surface area contributed by atoms with Crippen LogP contribution in [-0.4, -0.2) is 59.3 Å². The number of nitrogens with one attached hydrogen (secondary N) is 3. The second-order valence-electron chi connectivity index (χ2n) is 8.53. The molecular weight excluding hydrogens is 480 g/mol. The molecule has 3 atom stereocenters. The van der Waals surface area contributed by atoms with Crippen LogP contribution in [0.1, 0.15) is 74.7 Å². The van der Waals surface area contributed by atoms with E-state index in [9.17, 15) is 19.2 Å². The van der Waals surface area contributed by atoms with Crippen molar-refractivity contribution in [2.24, 2.45) is 11.7 Å². The average Bonchev–Trinajstić information content (AvgIpc) is 2.70. The van der Waals surface area contributed by atoms with Crippen LogP contribution in [0, 0.1) is 5.92 Å². The van der Waals surface area contributed by atoms with Gasteiger partial charge >= 0.3 is 5.97 Å². The van der Waals surface area contributed by atoms with Gasteiger partial charge < -0.3 is 26.4 Å². The summed E-state index contributed by atoms with van der Waals surface area (Å²) >= 11 is 3.04. The molecule has 0 saturated heterocycles. The third-order valence-corrected chi connectivity index (χ3v) is 4.60. The maximum Gasteiger partial charge on any atom is 0.329 e. The molecule has 9 nitrogen and oxygen atoms in total. The van der Waals surface area contributed by atoms with Crippen molar-refractivity contribution in [1.82, 2.24) is 16.0 Å². The molecule has 0 rings (SSSR count). The number of esters is 1. The maximum atomic E-state index is 12.6. The monoisotopic (exact) mass is 522 g/mol. The Morgan fingerprint density at radius 1 is 0.938 bits per heavy atom. The molecule has 0 aliphatic heterocycles. The molecule has 188 valence electrons. The maximum absolute atomic E-state index is 12.6. The molecule has 0 fully saturated rings. The van der Waals surface area contributed by atoms with E-state index >= 15 is 0 Å². The van der Waals surface area contributed by atoms with Crippen molar-refractivity contribution in [3.8, 4) is 0 Å². The second kappa shape index (κ2) is 16.9. The fourth-order valence-electron chi connectivity index (χ4n) is 2.53. The van der Waals surface area contributed by atoms with Crippen molar-refractivity contribution in [3.63, 3.8) is 0 Å². The van der Waals surface area contributed by atoms with E-state index in [-0.39, 0.29) is 17.2 Å². The molecule has 5 N–H and O–H groups in total. The van der Waals surface area contributed by atoms with Crippen LogP contribution < -0.4 is 21.7 Å². The molecule has 0 aliphatic carbocycles. The van der Waals surface area contributed by atoms with E-state index in [2.05, 4.69) is 31.9 Å². The van der Waals surface area contributed by atoms with Crippen LogP contribution in [-0.2, 0) is 23.9 Å². The summed E-state index contributed by atoms with van der Waals surface area (Å²) in [6.07, 6.45) is 1.74. The number of rotatable bonds is 12. The Bertz CT molecular complexity index is 593. The van der Waals surface area contributed by atoms with Gasteiger partial charge in [0.1, 0.15) is 23.7 Å². The largest absolute Gasteiger partial charge is 0.458 e. The molecule has 0 heterocycles. The molecule has 0 saturated carbocycles. The Hall–Kier alpha value is -1.68. The molecular formula is C22H43BrN4O5.